The number of nitrogens with zero attached hydrogens (tertiary/aromatic N) is 2. The molecule has 1 aromatic rings. The van der Waals surface area contributed by atoms with E-state index >= 15 is 0 Å². The van der Waals surface area contributed by atoms with E-state index in [9.17, 15) is 4.79 Å². The molecule has 2 rings (SSSR count). The van der Waals surface area contributed by atoms with Crippen molar-refractivity contribution in [1.82, 2.24) is 4.98 Å². The minimum atomic E-state index is -0.485. The normalized spacial score (nSPS) is 22.9. The van der Waals surface area contributed by atoms with Crippen LogP contribution in [-0.4, -0.2) is 49.9 Å². The van der Waals surface area contributed by atoms with Crippen molar-refractivity contribution < 1.29 is 18.7 Å². The van der Waals surface area contributed by atoms with Crippen LogP contribution in [0.25, 0.3) is 0 Å². The monoisotopic (exact) mass is 283 g/mol. The summed E-state index contributed by atoms with van der Waals surface area (Å²) in [6.07, 6.45) is 0.719. The predicted molar refractivity (Wildman–Crippen MR) is 72.8 cm³/mol. The lowest BCUT2D eigenvalue weighted by atomic mass is 10.0. The van der Waals surface area contributed by atoms with Crippen LogP contribution in [0.15, 0.2) is 4.42 Å². The number of hydrogen-bond acceptors (Lipinski definition) is 7. The Kier molecular flexibility index (Phi) is 4.61. The highest BCUT2D eigenvalue weighted by atomic mass is 16.5. The predicted octanol–water partition coefficient (Wildman–Crippen LogP) is 0.712. The molecule has 2 N–H and O–H groups in total. The Bertz CT molecular complexity index is 474. The van der Waals surface area contributed by atoms with E-state index in [1.165, 1.54) is 0 Å². The summed E-state index contributed by atoms with van der Waals surface area (Å²) in [5, 5.41) is 0. The number of methoxy groups -OCH3 is 1. The van der Waals surface area contributed by atoms with Crippen molar-refractivity contribution in [3.05, 3.63) is 11.5 Å². The van der Waals surface area contributed by atoms with Gasteiger partial charge in [-0.3, -0.25) is 0 Å². The second-order valence-electron chi connectivity index (χ2n) is 4.80. The van der Waals surface area contributed by atoms with Gasteiger partial charge in [-0.2, -0.15) is 4.98 Å². The number of aryl methyl sites for hydroxylation is 1. The summed E-state index contributed by atoms with van der Waals surface area (Å²) in [6.45, 7) is 5.10. The van der Waals surface area contributed by atoms with Gasteiger partial charge >= 0.3 is 5.97 Å². The minimum Gasteiger partial charge on any atom is -0.460 e. The van der Waals surface area contributed by atoms with Gasteiger partial charge in [0.1, 0.15) is 0 Å². The van der Waals surface area contributed by atoms with E-state index < -0.39 is 5.97 Å². The van der Waals surface area contributed by atoms with Gasteiger partial charge in [0.25, 0.3) is 6.01 Å². The zero-order chi connectivity index (χ0) is 14.7. The van der Waals surface area contributed by atoms with Crippen molar-refractivity contribution in [2.75, 3.05) is 31.7 Å². The number of carbonyl (C=O) groups excluding carboxylic acids is 1. The maximum Gasteiger partial charge on any atom is 0.376 e. The van der Waals surface area contributed by atoms with Gasteiger partial charge in [0.2, 0.25) is 5.76 Å². The van der Waals surface area contributed by atoms with E-state index in [-0.39, 0.29) is 17.9 Å². The summed E-state index contributed by atoms with van der Waals surface area (Å²) in [6, 6.07) is 0.427. The van der Waals surface area contributed by atoms with Gasteiger partial charge in [-0.05, 0) is 20.3 Å². The number of oxazole rings is 1. The molecule has 1 fully saturated rings. The second kappa shape index (κ2) is 6.23. The van der Waals surface area contributed by atoms with Crippen LogP contribution in [0.2, 0.25) is 0 Å². The highest BCUT2D eigenvalue weighted by Gasteiger charge is 2.30. The average Bonchev–Trinajstić information content (AvgIpc) is 2.82. The second-order valence-corrected chi connectivity index (χ2v) is 4.80. The Morgan fingerprint density at radius 2 is 2.35 bits per heavy atom. The Morgan fingerprint density at radius 1 is 1.60 bits per heavy atom. The summed E-state index contributed by atoms with van der Waals surface area (Å²) >= 11 is 0. The Morgan fingerprint density at radius 3 is 3.00 bits per heavy atom. The Labute approximate surface area is 118 Å². The van der Waals surface area contributed by atoms with Gasteiger partial charge < -0.3 is 24.5 Å². The molecule has 0 unspecified atom stereocenters. The number of aromatic nitrogens is 1. The van der Waals surface area contributed by atoms with Gasteiger partial charge in [-0.15, -0.1) is 0 Å². The van der Waals surface area contributed by atoms with E-state index in [1.807, 2.05) is 4.90 Å². The maximum atomic E-state index is 11.7. The van der Waals surface area contributed by atoms with Crippen molar-refractivity contribution in [1.29, 1.82) is 0 Å². The van der Waals surface area contributed by atoms with Crippen LogP contribution in [0, 0.1) is 6.92 Å². The highest BCUT2D eigenvalue weighted by Crippen LogP contribution is 2.23. The van der Waals surface area contributed by atoms with E-state index in [2.05, 4.69) is 4.98 Å². The first kappa shape index (κ1) is 14.8. The fourth-order valence-corrected chi connectivity index (χ4v) is 2.26. The Balaban J connectivity index is 2.13. The Hall–Kier alpha value is -1.60. The number of anilines is 1. The van der Waals surface area contributed by atoms with Crippen LogP contribution in [0.1, 0.15) is 29.6 Å². The van der Waals surface area contributed by atoms with Crippen LogP contribution >= 0.6 is 0 Å². The van der Waals surface area contributed by atoms with Crippen LogP contribution < -0.4 is 10.6 Å². The number of nitrogens with two attached hydrogens (primary N) is 1. The smallest absolute Gasteiger partial charge is 0.376 e. The quantitative estimate of drug-likeness (QED) is 0.814. The average molecular weight is 283 g/mol. The standard InChI is InChI=1S/C13H21N3O4/c1-4-19-12(17)11-8(2)15-13(20-11)16-6-5-9(14)10(7-16)18-3/h9-10H,4-7,14H2,1-3H3/t9-,10+/m1/s1. The minimum absolute atomic E-state index is 0.0110. The first-order chi connectivity index (χ1) is 9.56. The molecule has 0 saturated carbocycles. The van der Waals surface area contributed by atoms with Crippen molar-refractivity contribution in [3.8, 4) is 0 Å². The number of rotatable bonds is 4. The van der Waals surface area contributed by atoms with Crippen molar-refractivity contribution in [2.24, 2.45) is 5.73 Å². The van der Waals surface area contributed by atoms with E-state index in [0.29, 0.717) is 24.9 Å². The van der Waals surface area contributed by atoms with Crippen LogP contribution in [0.3, 0.4) is 0 Å². The molecule has 0 bridgehead atoms. The zero-order valence-electron chi connectivity index (χ0n) is 12.1. The van der Waals surface area contributed by atoms with E-state index in [4.69, 9.17) is 19.6 Å². The lowest BCUT2D eigenvalue weighted by Gasteiger charge is -2.34. The van der Waals surface area contributed by atoms with Gasteiger partial charge in [0, 0.05) is 19.7 Å². The third-order valence-corrected chi connectivity index (χ3v) is 3.43. The molecule has 0 spiro atoms. The lowest BCUT2D eigenvalue weighted by molar-refractivity contribution is 0.0488. The van der Waals surface area contributed by atoms with Gasteiger partial charge in [0.15, 0.2) is 0 Å². The van der Waals surface area contributed by atoms with Crippen LogP contribution in [-0.2, 0) is 9.47 Å². The third-order valence-electron chi connectivity index (χ3n) is 3.43. The van der Waals surface area contributed by atoms with Gasteiger partial charge in [0.05, 0.1) is 24.9 Å². The first-order valence-electron chi connectivity index (χ1n) is 6.74. The summed E-state index contributed by atoms with van der Waals surface area (Å²) < 4.78 is 15.8. The number of esters is 1. The molecule has 7 nitrogen and oxygen atoms in total. The van der Waals surface area contributed by atoms with Crippen molar-refractivity contribution in [2.45, 2.75) is 32.4 Å². The van der Waals surface area contributed by atoms with Crippen molar-refractivity contribution in [3.63, 3.8) is 0 Å². The van der Waals surface area contributed by atoms with E-state index in [1.54, 1.807) is 21.0 Å². The SMILES string of the molecule is CCOC(=O)c1oc(N2CC[C@@H](N)[C@@H](OC)C2)nc1C. The van der Waals surface area contributed by atoms with Crippen molar-refractivity contribution >= 4 is 12.0 Å². The number of carbonyl (C=O) groups is 1. The maximum absolute atomic E-state index is 11.7. The summed E-state index contributed by atoms with van der Waals surface area (Å²) in [7, 11) is 1.64. The molecule has 2 heterocycles. The molecule has 1 saturated heterocycles. The number of ether oxygens (including phenoxy) is 2. The summed E-state index contributed by atoms with van der Waals surface area (Å²) in [5.74, 6) is -0.327. The molecule has 112 valence electrons. The van der Waals surface area contributed by atoms with E-state index in [0.717, 1.165) is 13.0 Å². The molecule has 1 aliphatic heterocycles. The summed E-state index contributed by atoms with van der Waals surface area (Å²) in [5.41, 5.74) is 6.51. The fraction of sp³-hybridized carbons (Fsp3) is 0.692. The molecule has 0 aliphatic carbocycles. The fourth-order valence-electron chi connectivity index (χ4n) is 2.26. The molecule has 20 heavy (non-hydrogen) atoms. The molecular weight excluding hydrogens is 262 g/mol. The lowest BCUT2D eigenvalue weighted by Crippen LogP contribution is -2.51. The highest BCUT2D eigenvalue weighted by molar-refractivity contribution is 5.87. The molecule has 2 atom stereocenters. The topological polar surface area (TPSA) is 90.8 Å². The molecule has 0 aromatic carbocycles. The largest absolute Gasteiger partial charge is 0.460 e. The van der Waals surface area contributed by atoms with Crippen LogP contribution in [0.5, 0.6) is 0 Å². The number of piperidine rings is 1. The molecule has 1 aromatic heterocycles. The van der Waals surface area contributed by atoms with Gasteiger partial charge in [-0.25, -0.2) is 4.79 Å². The molecular formula is C13H21N3O4. The molecule has 1 aliphatic rings. The van der Waals surface area contributed by atoms with Gasteiger partial charge in [-0.1, -0.05) is 0 Å². The first-order valence-corrected chi connectivity index (χ1v) is 6.74. The molecule has 7 heteroatoms. The van der Waals surface area contributed by atoms with Crippen LogP contribution in [0.4, 0.5) is 6.01 Å². The third kappa shape index (κ3) is 2.94. The number of hydrogen-bond donors (Lipinski definition) is 1. The molecule has 0 radical (unpaired) electrons. The summed E-state index contributed by atoms with van der Waals surface area (Å²) in [4.78, 5) is 17.9. The zero-order valence-corrected chi connectivity index (χ0v) is 12.1. The molecule has 0 amide bonds.